The van der Waals surface area contributed by atoms with Gasteiger partial charge in [0.1, 0.15) is 6.04 Å². The van der Waals surface area contributed by atoms with Gasteiger partial charge in [-0.25, -0.2) is 4.99 Å². The molecule has 160 valence electrons. The number of benzene rings is 1. The second-order valence-electron chi connectivity index (χ2n) is 7.91. The van der Waals surface area contributed by atoms with Crippen LogP contribution in [0.3, 0.4) is 0 Å². The van der Waals surface area contributed by atoms with Gasteiger partial charge in [-0.3, -0.25) is 9.59 Å². The van der Waals surface area contributed by atoms with Gasteiger partial charge < -0.3 is 28.3 Å². The standard InChI is InChI=1S/C21H34N6O2/c22-17(13-15-7-10-16(11-8-15)26-21(24)25)20(29)27-18(19(23)28)12-9-14-5-3-1-2-4-6-14/h7-8,10-11,14,17-18H,1-6,9,12-13,22H2,(H2,23,28)(H,27,29)(H4,24,25,26)/t17-,18-/m0/s1. The molecule has 2 amide bonds. The van der Waals surface area contributed by atoms with Crippen LogP contribution in [-0.4, -0.2) is 29.9 Å². The molecule has 29 heavy (non-hydrogen) atoms. The van der Waals surface area contributed by atoms with Gasteiger partial charge in [-0.1, -0.05) is 50.7 Å². The second kappa shape index (κ2) is 11.4. The van der Waals surface area contributed by atoms with Gasteiger partial charge in [0.15, 0.2) is 5.96 Å². The van der Waals surface area contributed by atoms with E-state index in [-0.39, 0.29) is 11.9 Å². The number of guanidine groups is 1. The van der Waals surface area contributed by atoms with Gasteiger partial charge in [0.2, 0.25) is 11.8 Å². The number of carbonyl (C=O) groups excluding carboxylic acids is 2. The summed E-state index contributed by atoms with van der Waals surface area (Å²) in [5.41, 5.74) is 23.8. The summed E-state index contributed by atoms with van der Waals surface area (Å²) in [6.45, 7) is 0. The average Bonchev–Trinajstić information content (AvgIpc) is 2.94. The van der Waals surface area contributed by atoms with Crippen molar-refractivity contribution in [3.63, 3.8) is 0 Å². The molecular formula is C21H34N6O2. The highest BCUT2D eigenvalue weighted by Crippen LogP contribution is 2.26. The fraction of sp³-hybridized carbons (Fsp3) is 0.571. The van der Waals surface area contributed by atoms with Gasteiger partial charge in [-0.2, -0.15) is 0 Å². The van der Waals surface area contributed by atoms with Crippen LogP contribution in [-0.2, 0) is 16.0 Å². The van der Waals surface area contributed by atoms with Gasteiger partial charge >= 0.3 is 0 Å². The van der Waals surface area contributed by atoms with Crippen LogP contribution in [0, 0.1) is 5.92 Å². The number of aliphatic imine (C=N–C) groups is 1. The fourth-order valence-electron chi connectivity index (χ4n) is 3.82. The monoisotopic (exact) mass is 402 g/mol. The third-order valence-corrected chi connectivity index (χ3v) is 5.49. The first-order valence-corrected chi connectivity index (χ1v) is 10.4. The van der Waals surface area contributed by atoms with Gasteiger partial charge in [0.25, 0.3) is 0 Å². The minimum Gasteiger partial charge on any atom is -0.370 e. The first-order valence-electron chi connectivity index (χ1n) is 10.4. The number of hydrogen-bond acceptors (Lipinski definition) is 4. The van der Waals surface area contributed by atoms with E-state index in [0.29, 0.717) is 24.4 Å². The molecule has 0 aromatic heterocycles. The molecule has 0 unspecified atom stereocenters. The predicted molar refractivity (Wildman–Crippen MR) is 115 cm³/mol. The third kappa shape index (κ3) is 8.11. The molecule has 0 heterocycles. The molecule has 1 aliphatic rings. The first kappa shape index (κ1) is 22.7. The summed E-state index contributed by atoms with van der Waals surface area (Å²) in [6, 6.07) is 5.67. The Morgan fingerprint density at radius 1 is 1.03 bits per heavy atom. The molecule has 0 spiro atoms. The van der Waals surface area contributed by atoms with Crippen molar-refractivity contribution in [2.75, 3.05) is 0 Å². The number of amides is 2. The smallest absolute Gasteiger partial charge is 0.240 e. The highest BCUT2D eigenvalue weighted by atomic mass is 16.2. The van der Waals surface area contributed by atoms with E-state index in [1.165, 1.54) is 38.5 Å². The van der Waals surface area contributed by atoms with Crippen molar-refractivity contribution in [1.29, 1.82) is 0 Å². The van der Waals surface area contributed by atoms with Crippen molar-refractivity contribution >= 4 is 23.5 Å². The molecule has 2 atom stereocenters. The quantitative estimate of drug-likeness (QED) is 0.237. The number of rotatable bonds is 9. The van der Waals surface area contributed by atoms with Crippen LogP contribution in [0.2, 0.25) is 0 Å². The molecule has 0 aliphatic heterocycles. The molecule has 1 aromatic carbocycles. The fourth-order valence-corrected chi connectivity index (χ4v) is 3.82. The lowest BCUT2D eigenvalue weighted by atomic mass is 9.92. The molecule has 1 aliphatic carbocycles. The van der Waals surface area contributed by atoms with Crippen LogP contribution in [0.1, 0.15) is 56.9 Å². The molecule has 1 fully saturated rings. The summed E-state index contributed by atoms with van der Waals surface area (Å²) in [7, 11) is 0. The number of nitrogens with one attached hydrogen (secondary N) is 1. The van der Waals surface area contributed by atoms with E-state index in [1.54, 1.807) is 12.1 Å². The van der Waals surface area contributed by atoms with Gasteiger partial charge in [-0.15, -0.1) is 0 Å². The normalized spacial score (nSPS) is 17.0. The zero-order valence-corrected chi connectivity index (χ0v) is 17.0. The van der Waals surface area contributed by atoms with Crippen LogP contribution < -0.4 is 28.3 Å². The highest BCUT2D eigenvalue weighted by molar-refractivity contribution is 5.89. The lowest BCUT2D eigenvalue weighted by Gasteiger charge is -2.21. The minimum absolute atomic E-state index is 0.0184. The van der Waals surface area contributed by atoms with Gasteiger partial charge in [0, 0.05) is 0 Å². The Bertz CT molecular complexity index is 692. The summed E-state index contributed by atoms with van der Waals surface area (Å²) in [5.74, 6) is -0.299. The topological polar surface area (TPSA) is 163 Å². The van der Waals surface area contributed by atoms with Crippen LogP contribution in [0.25, 0.3) is 0 Å². The van der Waals surface area contributed by atoms with E-state index >= 15 is 0 Å². The molecule has 2 rings (SSSR count). The molecule has 1 aromatic rings. The largest absolute Gasteiger partial charge is 0.370 e. The lowest BCUT2D eigenvalue weighted by Crippen LogP contribution is -2.51. The second-order valence-corrected chi connectivity index (χ2v) is 7.91. The Balaban J connectivity index is 1.86. The SMILES string of the molecule is NC(=O)[C@H](CCC1CCCCCC1)NC(=O)[C@@H](N)Cc1ccc(N=C(N)N)cc1. The maximum atomic E-state index is 12.5. The van der Waals surface area contributed by atoms with Crippen molar-refractivity contribution in [2.24, 2.45) is 33.8 Å². The number of nitrogens with zero attached hydrogens (tertiary/aromatic N) is 1. The van der Waals surface area contributed by atoms with E-state index in [0.717, 1.165) is 12.0 Å². The van der Waals surface area contributed by atoms with Crippen molar-refractivity contribution in [3.05, 3.63) is 29.8 Å². The van der Waals surface area contributed by atoms with E-state index in [2.05, 4.69) is 10.3 Å². The molecule has 8 nitrogen and oxygen atoms in total. The average molecular weight is 403 g/mol. The third-order valence-electron chi connectivity index (χ3n) is 5.49. The molecule has 0 radical (unpaired) electrons. The summed E-state index contributed by atoms with van der Waals surface area (Å²) in [5, 5.41) is 2.74. The molecule has 0 bridgehead atoms. The van der Waals surface area contributed by atoms with E-state index in [1.807, 2.05) is 12.1 Å². The van der Waals surface area contributed by atoms with Crippen LogP contribution in [0.15, 0.2) is 29.3 Å². The van der Waals surface area contributed by atoms with Crippen molar-refractivity contribution in [3.8, 4) is 0 Å². The number of carbonyl (C=O) groups is 2. The van der Waals surface area contributed by atoms with Crippen molar-refractivity contribution in [2.45, 2.75) is 69.9 Å². The Kier molecular flexibility index (Phi) is 8.92. The lowest BCUT2D eigenvalue weighted by molar-refractivity contribution is -0.128. The molecule has 1 saturated carbocycles. The zero-order chi connectivity index (χ0) is 21.2. The van der Waals surface area contributed by atoms with Crippen molar-refractivity contribution in [1.82, 2.24) is 5.32 Å². The zero-order valence-electron chi connectivity index (χ0n) is 17.0. The summed E-state index contributed by atoms with van der Waals surface area (Å²) in [6.07, 6.45) is 9.23. The van der Waals surface area contributed by atoms with Crippen molar-refractivity contribution < 1.29 is 9.59 Å². The van der Waals surface area contributed by atoms with E-state index in [4.69, 9.17) is 22.9 Å². The molecule has 8 heteroatoms. The first-order chi connectivity index (χ1) is 13.8. The Morgan fingerprint density at radius 2 is 1.66 bits per heavy atom. The van der Waals surface area contributed by atoms with Gasteiger partial charge in [0.05, 0.1) is 11.7 Å². The Morgan fingerprint density at radius 3 is 2.21 bits per heavy atom. The van der Waals surface area contributed by atoms with E-state index < -0.39 is 18.0 Å². The number of nitrogens with two attached hydrogens (primary N) is 4. The molecular weight excluding hydrogens is 368 g/mol. The maximum absolute atomic E-state index is 12.5. The van der Waals surface area contributed by atoms with E-state index in [9.17, 15) is 9.59 Å². The summed E-state index contributed by atoms with van der Waals surface area (Å²) < 4.78 is 0. The number of hydrogen-bond donors (Lipinski definition) is 5. The van der Waals surface area contributed by atoms with Crippen LogP contribution >= 0.6 is 0 Å². The van der Waals surface area contributed by atoms with Crippen LogP contribution in [0.4, 0.5) is 5.69 Å². The Hall–Kier alpha value is -2.61. The summed E-state index contributed by atoms with van der Waals surface area (Å²) in [4.78, 5) is 28.2. The predicted octanol–water partition coefficient (Wildman–Crippen LogP) is 1.18. The summed E-state index contributed by atoms with van der Waals surface area (Å²) >= 11 is 0. The maximum Gasteiger partial charge on any atom is 0.240 e. The highest BCUT2D eigenvalue weighted by Gasteiger charge is 2.23. The van der Waals surface area contributed by atoms with Gasteiger partial charge in [-0.05, 0) is 42.9 Å². The molecule has 9 N–H and O–H groups in total. The molecule has 0 saturated heterocycles. The minimum atomic E-state index is -0.774. The van der Waals surface area contributed by atoms with Crippen LogP contribution in [0.5, 0.6) is 0 Å². The number of primary amides is 1. The Labute approximate surface area is 172 Å².